The van der Waals surface area contributed by atoms with Crippen molar-refractivity contribution in [3.8, 4) is 23.3 Å². The van der Waals surface area contributed by atoms with Crippen LogP contribution in [0.2, 0.25) is 0 Å². The lowest BCUT2D eigenvalue weighted by atomic mass is 10.2. The van der Waals surface area contributed by atoms with E-state index < -0.39 is 11.6 Å². The summed E-state index contributed by atoms with van der Waals surface area (Å²) in [7, 11) is 0. The molecule has 0 atom stereocenters. The van der Waals surface area contributed by atoms with Crippen molar-refractivity contribution >= 4 is 5.91 Å². The number of hydrogen-bond donors (Lipinski definition) is 1. The van der Waals surface area contributed by atoms with Gasteiger partial charge >= 0.3 is 0 Å². The largest absolute Gasteiger partial charge is 0.484 e. The van der Waals surface area contributed by atoms with E-state index in [9.17, 15) is 13.6 Å². The maximum Gasteiger partial charge on any atom is 0.258 e. The van der Waals surface area contributed by atoms with Gasteiger partial charge in [-0.05, 0) is 30.7 Å². The number of benzene rings is 2. The van der Waals surface area contributed by atoms with E-state index in [1.807, 2.05) is 25.1 Å². The molecule has 2 aromatic carbocycles. The SMILES string of the molecule is Cc1ccccc1OCC(=O)NCC#CCOc1ccc(F)cc1F. The van der Waals surface area contributed by atoms with Crippen LogP contribution in [0.3, 0.4) is 0 Å². The molecule has 0 aliphatic heterocycles. The van der Waals surface area contributed by atoms with Crippen molar-refractivity contribution in [1.82, 2.24) is 5.32 Å². The van der Waals surface area contributed by atoms with Crippen molar-refractivity contribution in [2.75, 3.05) is 19.8 Å². The molecule has 0 aliphatic carbocycles. The highest BCUT2D eigenvalue weighted by atomic mass is 19.1. The first-order valence-electron chi connectivity index (χ1n) is 7.55. The van der Waals surface area contributed by atoms with Gasteiger partial charge in [0.05, 0.1) is 6.54 Å². The van der Waals surface area contributed by atoms with E-state index in [0.29, 0.717) is 5.75 Å². The Labute approximate surface area is 144 Å². The molecule has 0 radical (unpaired) electrons. The lowest BCUT2D eigenvalue weighted by Gasteiger charge is -2.08. The zero-order valence-electron chi connectivity index (χ0n) is 13.6. The zero-order valence-corrected chi connectivity index (χ0v) is 13.6. The van der Waals surface area contributed by atoms with Gasteiger partial charge in [-0.25, -0.2) is 8.78 Å². The second kappa shape index (κ2) is 9.28. The monoisotopic (exact) mass is 345 g/mol. The molecule has 0 saturated heterocycles. The summed E-state index contributed by atoms with van der Waals surface area (Å²) in [5, 5.41) is 2.57. The van der Waals surface area contributed by atoms with Gasteiger partial charge in [0.25, 0.3) is 5.91 Å². The highest BCUT2D eigenvalue weighted by Crippen LogP contribution is 2.17. The van der Waals surface area contributed by atoms with E-state index in [0.717, 1.165) is 17.7 Å². The fraction of sp³-hybridized carbons (Fsp3) is 0.211. The molecule has 2 rings (SSSR count). The first kappa shape index (κ1) is 18.3. The minimum Gasteiger partial charge on any atom is -0.484 e. The molecule has 2 aromatic rings. The van der Waals surface area contributed by atoms with E-state index in [1.165, 1.54) is 6.07 Å². The normalized spacial score (nSPS) is 9.72. The van der Waals surface area contributed by atoms with Gasteiger partial charge in [0.2, 0.25) is 0 Å². The Balaban J connectivity index is 1.66. The second-order valence-corrected chi connectivity index (χ2v) is 5.05. The van der Waals surface area contributed by atoms with Crippen molar-refractivity contribution < 1.29 is 23.0 Å². The van der Waals surface area contributed by atoms with E-state index in [1.54, 1.807) is 6.07 Å². The van der Waals surface area contributed by atoms with Crippen LogP contribution in [0.1, 0.15) is 5.56 Å². The number of carbonyl (C=O) groups is 1. The second-order valence-electron chi connectivity index (χ2n) is 5.05. The van der Waals surface area contributed by atoms with E-state index in [4.69, 9.17) is 9.47 Å². The fourth-order valence-corrected chi connectivity index (χ4v) is 1.88. The molecule has 4 nitrogen and oxygen atoms in total. The molecule has 1 amide bonds. The van der Waals surface area contributed by atoms with Gasteiger partial charge < -0.3 is 14.8 Å². The van der Waals surface area contributed by atoms with Crippen LogP contribution in [0.5, 0.6) is 11.5 Å². The average molecular weight is 345 g/mol. The van der Waals surface area contributed by atoms with E-state index in [2.05, 4.69) is 17.2 Å². The molecule has 0 saturated carbocycles. The number of carbonyl (C=O) groups excluding carboxylic acids is 1. The van der Waals surface area contributed by atoms with Crippen LogP contribution in [0, 0.1) is 30.4 Å². The smallest absolute Gasteiger partial charge is 0.258 e. The summed E-state index contributed by atoms with van der Waals surface area (Å²) in [6.07, 6.45) is 0. The minimum absolute atomic E-state index is 0.0713. The third kappa shape index (κ3) is 6.15. The summed E-state index contributed by atoms with van der Waals surface area (Å²) in [6, 6.07) is 10.4. The highest BCUT2D eigenvalue weighted by molar-refractivity contribution is 5.77. The molecule has 0 heterocycles. The van der Waals surface area contributed by atoms with E-state index >= 15 is 0 Å². The van der Waals surface area contributed by atoms with Crippen molar-refractivity contribution in [2.45, 2.75) is 6.92 Å². The van der Waals surface area contributed by atoms with Crippen LogP contribution in [0.15, 0.2) is 42.5 Å². The standard InChI is InChI=1S/C19H17F2NO3/c1-14-6-2-3-7-17(14)25-13-19(23)22-10-4-5-11-24-18-9-8-15(20)12-16(18)21/h2-3,6-9,12H,10-11,13H2,1H3,(H,22,23). The number of rotatable bonds is 6. The maximum absolute atomic E-state index is 13.3. The van der Waals surface area contributed by atoms with Gasteiger partial charge in [-0.15, -0.1) is 0 Å². The number of nitrogens with one attached hydrogen (secondary N) is 1. The van der Waals surface area contributed by atoms with Crippen molar-refractivity contribution in [2.24, 2.45) is 0 Å². The number of para-hydroxylation sites is 1. The molecule has 130 valence electrons. The molecule has 0 bridgehead atoms. The van der Waals surface area contributed by atoms with Crippen molar-refractivity contribution in [3.05, 3.63) is 59.7 Å². The zero-order chi connectivity index (χ0) is 18.1. The van der Waals surface area contributed by atoms with Gasteiger partial charge in [0.15, 0.2) is 18.2 Å². The number of hydrogen-bond acceptors (Lipinski definition) is 3. The van der Waals surface area contributed by atoms with E-state index in [-0.39, 0.29) is 31.4 Å². The number of aryl methyl sites for hydroxylation is 1. The Morgan fingerprint density at radius 3 is 2.64 bits per heavy atom. The molecule has 1 N–H and O–H groups in total. The molecule has 0 unspecified atom stereocenters. The molecule has 0 aliphatic rings. The third-order valence-electron chi connectivity index (χ3n) is 3.15. The quantitative estimate of drug-likeness (QED) is 0.819. The summed E-state index contributed by atoms with van der Waals surface area (Å²) in [4.78, 5) is 11.6. The molecule has 0 fully saturated rings. The topological polar surface area (TPSA) is 47.6 Å². The van der Waals surface area contributed by atoms with Gasteiger partial charge in [0, 0.05) is 6.07 Å². The summed E-state index contributed by atoms with van der Waals surface area (Å²) in [6.45, 7) is 1.83. The molecule has 25 heavy (non-hydrogen) atoms. The predicted molar refractivity (Wildman–Crippen MR) is 89.3 cm³/mol. The Hall–Kier alpha value is -3.07. The predicted octanol–water partition coefficient (Wildman–Crippen LogP) is 2.85. The van der Waals surface area contributed by atoms with Gasteiger partial charge in [-0.1, -0.05) is 30.0 Å². The van der Waals surface area contributed by atoms with Crippen LogP contribution < -0.4 is 14.8 Å². The summed E-state index contributed by atoms with van der Waals surface area (Å²) in [5.74, 6) is 4.10. The van der Waals surface area contributed by atoms with Gasteiger partial charge in [-0.2, -0.15) is 0 Å². The average Bonchev–Trinajstić information content (AvgIpc) is 2.59. The van der Waals surface area contributed by atoms with Crippen LogP contribution in [0.25, 0.3) is 0 Å². The fourth-order valence-electron chi connectivity index (χ4n) is 1.88. The summed E-state index contributed by atoms with van der Waals surface area (Å²) in [5.41, 5.74) is 0.945. The first-order valence-corrected chi connectivity index (χ1v) is 7.55. The van der Waals surface area contributed by atoms with Gasteiger partial charge in [0.1, 0.15) is 18.2 Å². The number of amides is 1. The highest BCUT2D eigenvalue weighted by Gasteiger charge is 2.04. The Morgan fingerprint density at radius 1 is 1.08 bits per heavy atom. The Morgan fingerprint density at radius 2 is 1.88 bits per heavy atom. The minimum atomic E-state index is -0.788. The first-order chi connectivity index (χ1) is 12.1. The van der Waals surface area contributed by atoms with Crippen LogP contribution >= 0.6 is 0 Å². The number of halogens is 2. The molecule has 0 aromatic heterocycles. The molecular weight excluding hydrogens is 328 g/mol. The Kier molecular flexibility index (Phi) is 6.78. The lowest BCUT2D eigenvalue weighted by Crippen LogP contribution is -2.29. The van der Waals surface area contributed by atoms with Crippen LogP contribution in [0.4, 0.5) is 8.78 Å². The van der Waals surface area contributed by atoms with Crippen molar-refractivity contribution in [1.29, 1.82) is 0 Å². The van der Waals surface area contributed by atoms with Crippen LogP contribution in [-0.2, 0) is 4.79 Å². The third-order valence-corrected chi connectivity index (χ3v) is 3.15. The lowest BCUT2D eigenvalue weighted by molar-refractivity contribution is -0.122. The van der Waals surface area contributed by atoms with Crippen LogP contribution in [-0.4, -0.2) is 25.7 Å². The summed E-state index contributed by atoms with van der Waals surface area (Å²) < 4.78 is 36.5. The summed E-state index contributed by atoms with van der Waals surface area (Å²) >= 11 is 0. The maximum atomic E-state index is 13.3. The Bertz CT molecular complexity index is 797. The van der Waals surface area contributed by atoms with Crippen molar-refractivity contribution in [3.63, 3.8) is 0 Å². The molecular formula is C19H17F2NO3. The molecule has 0 spiro atoms. The number of ether oxygens (including phenoxy) is 2. The van der Waals surface area contributed by atoms with Gasteiger partial charge in [-0.3, -0.25) is 4.79 Å². The molecule has 6 heteroatoms.